The summed E-state index contributed by atoms with van der Waals surface area (Å²) in [5, 5.41) is 5.84. The van der Waals surface area contributed by atoms with E-state index in [0.717, 1.165) is 22.4 Å². The zero-order chi connectivity index (χ0) is 21.8. The largest absolute Gasteiger partial charge is 0.496 e. The lowest BCUT2D eigenvalue weighted by Crippen LogP contribution is -2.34. The standard InChI is InChI=1S/C23H20N4O3S/c1-29-19-10-6-3-7-15(19)22(28)27-23(31)26-18-13-14(11-12-20(18)30-2)21-24-16-8-4-5-9-17(16)25-21/h3-13H,1-2H3,(H,24,25)(H2,26,27,28,31). The van der Waals surface area contributed by atoms with Crippen molar-refractivity contribution in [2.45, 2.75) is 0 Å². The first-order chi connectivity index (χ1) is 15.1. The number of fused-ring (bicyclic) bond motifs is 1. The molecule has 1 aromatic heterocycles. The fraction of sp³-hybridized carbons (Fsp3) is 0.0870. The SMILES string of the molecule is COc1ccc(-c2nc3ccccc3[nH]2)cc1NC(=S)NC(=O)c1ccccc1OC. The quantitative estimate of drug-likeness (QED) is 0.406. The molecule has 0 aliphatic rings. The molecule has 0 unspecified atom stereocenters. The topological polar surface area (TPSA) is 88.3 Å². The summed E-state index contributed by atoms with van der Waals surface area (Å²) in [7, 11) is 3.08. The number of thiocarbonyl (C=S) groups is 1. The van der Waals surface area contributed by atoms with E-state index in [9.17, 15) is 4.79 Å². The van der Waals surface area contributed by atoms with Crippen molar-refractivity contribution in [2.24, 2.45) is 0 Å². The second-order valence-electron chi connectivity index (χ2n) is 6.63. The molecule has 0 saturated heterocycles. The van der Waals surface area contributed by atoms with Gasteiger partial charge in [-0.1, -0.05) is 24.3 Å². The Hall–Kier alpha value is -3.91. The highest BCUT2D eigenvalue weighted by molar-refractivity contribution is 7.80. The fourth-order valence-electron chi connectivity index (χ4n) is 3.20. The van der Waals surface area contributed by atoms with Crippen LogP contribution in [-0.4, -0.2) is 35.2 Å². The third-order valence-electron chi connectivity index (χ3n) is 4.69. The molecule has 0 bridgehead atoms. The number of H-pyrrole nitrogens is 1. The normalized spacial score (nSPS) is 10.5. The van der Waals surface area contributed by atoms with Crippen LogP contribution in [-0.2, 0) is 0 Å². The predicted molar refractivity (Wildman–Crippen MR) is 125 cm³/mol. The number of benzene rings is 3. The Balaban J connectivity index is 1.56. The van der Waals surface area contributed by atoms with Gasteiger partial charge in [0.2, 0.25) is 0 Å². The fourth-order valence-corrected chi connectivity index (χ4v) is 3.40. The molecule has 0 aliphatic heterocycles. The number of ether oxygens (including phenoxy) is 2. The molecule has 0 saturated carbocycles. The van der Waals surface area contributed by atoms with E-state index in [1.807, 2.05) is 42.5 Å². The first-order valence-electron chi connectivity index (χ1n) is 9.47. The lowest BCUT2D eigenvalue weighted by molar-refractivity contribution is 0.0975. The molecule has 156 valence electrons. The van der Waals surface area contributed by atoms with Gasteiger partial charge in [0.15, 0.2) is 5.11 Å². The smallest absolute Gasteiger partial charge is 0.261 e. The van der Waals surface area contributed by atoms with E-state index in [4.69, 9.17) is 21.7 Å². The van der Waals surface area contributed by atoms with Gasteiger partial charge in [0, 0.05) is 5.56 Å². The van der Waals surface area contributed by atoms with E-state index in [0.29, 0.717) is 22.7 Å². The second kappa shape index (κ2) is 8.85. The number of aromatic amines is 1. The Morgan fingerprint density at radius 1 is 0.968 bits per heavy atom. The maximum atomic E-state index is 12.6. The third kappa shape index (κ3) is 4.34. The summed E-state index contributed by atoms with van der Waals surface area (Å²) in [6, 6.07) is 20.3. The van der Waals surface area contributed by atoms with Crippen LogP contribution in [0.5, 0.6) is 11.5 Å². The van der Waals surface area contributed by atoms with Crippen molar-refractivity contribution in [3.8, 4) is 22.9 Å². The minimum absolute atomic E-state index is 0.135. The van der Waals surface area contributed by atoms with Crippen molar-refractivity contribution in [3.63, 3.8) is 0 Å². The number of hydrogen-bond acceptors (Lipinski definition) is 5. The number of rotatable bonds is 5. The molecule has 3 N–H and O–H groups in total. The Morgan fingerprint density at radius 3 is 2.48 bits per heavy atom. The zero-order valence-corrected chi connectivity index (χ0v) is 17.7. The van der Waals surface area contributed by atoms with Gasteiger partial charge >= 0.3 is 0 Å². The maximum Gasteiger partial charge on any atom is 0.261 e. The summed E-state index contributed by atoms with van der Waals surface area (Å²) >= 11 is 5.35. The van der Waals surface area contributed by atoms with Gasteiger partial charge < -0.3 is 19.8 Å². The molecule has 0 aliphatic carbocycles. The van der Waals surface area contributed by atoms with Crippen LogP contribution in [0.15, 0.2) is 66.7 Å². The Bertz CT molecular complexity index is 1240. The first-order valence-corrected chi connectivity index (χ1v) is 9.88. The molecule has 1 heterocycles. The number of nitrogens with one attached hydrogen (secondary N) is 3. The monoisotopic (exact) mass is 432 g/mol. The van der Waals surface area contributed by atoms with Crippen LogP contribution >= 0.6 is 12.2 Å². The number of methoxy groups -OCH3 is 2. The molecule has 4 rings (SSSR count). The van der Waals surface area contributed by atoms with Gasteiger partial charge in [-0.05, 0) is 54.7 Å². The Morgan fingerprint density at radius 2 is 1.71 bits per heavy atom. The lowest BCUT2D eigenvalue weighted by atomic mass is 10.1. The average Bonchev–Trinajstić information content (AvgIpc) is 3.23. The number of carbonyl (C=O) groups excluding carboxylic acids is 1. The van der Waals surface area contributed by atoms with Gasteiger partial charge in [-0.25, -0.2) is 4.98 Å². The summed E-state index contributed by atoms with van der Waals surface area (Å²) in [5.74, 6) is 1.39. The summed E-state index contributed by atoms with van der Waals surface area (Å²) < 4.78 is 10.7. The van der Waals surface area contributed by atoms with E-state index in [-0.39, 0.29) is 11.0 Å². The van der Waals surface area contributed by atoms with E-state index in [1.54, 1.807) is 31.4 Å². The predicted octanol–water partition coefficient (Wildman–Crippen LogP) is 4.37. The summed E-state index contributed by atoms with van der Waals surface area (Å²) in [4.78, 5) is 20.5. The van der Waals surface area contributed by atoms with Crippen molar-refractivity contribution in [1.82, 2.24) is 15.3 Å². The summed E-state index contributed by atoms with van der Waals surface area (Å²) in [5.41, 5.74) is 3.66. The van der Waals surface area contributed by atoms with Gasteiger partial charge in [0.05, 0.1) is 36.5 Å². The highest BCUT2D eigenvalue weighted by Crippen LogP contribution is 2.30. The number of imidazole rings is 1. The number of para-hydroxylation sites is 3. The highest BCUT2D eigenvalue weighted by Gasteiger charge is 2.15. The van der Waals surface area contributed by atoms with Crippen LogP contribution in [0, 0.1) is 0 Å². The van der Waals surface area contributed by atoms with Crippen LogP contribution in [0.1, 0.15) is 10.4 Å². The van der Waals surface area contributed by atoms with Crippen LogP contribution in [0.3, 0.4) is 0 Å². The first kappa shape index (κ1) is 20.4. The van der Waals surface area contributed by atoms with Gasteiger partial charge in [-0.3, -0.25) is 10.1 Å². The summed E-state index contributed by atoms with van der Waals surface area (Å²) in [6.07, 6.45) is 0. The third-order valence-corrected chi connectivity index (χ3v) is 4.89. The average molecular weight is 433 g/mol. The molecule has 31 heavy (non-hydrogen) atoms. The molecule has 0 fully saturated rings. The molecule has 7 nitrogen and oxygen atoms in total. The molecule has 0 radical (unpaired) electrons. The minimum atomic E-state index is -0.373. The van der Waals surface area contributed by atoms with E-state index in [1.165, 1.54) is 7.11 Å². The number of amides is 1. The second-order valence-corrected chi connectivity index (χ2v) is 7.03. The maximum absolute atomic E-state index is 12.6. The number of nitrogens with zero attached hydrogens (tertiary/aromatic N) is 1. The van der Waals surface area contributed by atoms with Crippen molar-refractivity contribution in [3.05, 3.63) is 72.3 Å². The molecule has 0 spiro atoms. The molecule has 3 aromatic carbocycles. The molecule has 4 aromatic rings. The van der Waals surface area contributed by atoms with Crippen LogP contribution in [0.4, 0.5) is 5.69 Å². The van der Waals surface area contributed by atoms with Crippen molar-refractivity contribution in [1.29, 1.82) is 0 Å². The number of aromatic nitrogens is 2. The summed E-state index contributed by atoms with van der Waals surface area (Å²) in [6.45, 7) is 0. The van der Waals surface area contributed by atoms with E-state index in [2.05, 4.69) is 20.6 Å². The van der Waals surface area contributed by atoms with E-state index < -0.39 is 0 Å². The molecular weight excluding hydrogens is 412 g/mol. The lowest BCUT2D eigenvalue weighted by Gasteiger charge is -2.14. The van der Waals surface area contributed by atoms with Crippen LogP contribution < -0.4 is 20.1 Å². The minimum Gasteiger partial charge on any atom is -0.496 e. The zero-order valence-electron chi connectivity index (χ0n) is 16.9. The molecular formula is C23H20N4O3S. The molecule has 0 atom stereocenters. The van der Waals surface area contributed by atoms with E-state index >= 15 is 0 Å². The molecule has 1 amide bonds. The van der Waals surface area contributed by atoms with Gasteiger partial charge in [-0.2, -0.15) is 0 Å². The van der Waals surface area contributed by atoms with Crippen LogP contribution in [0.25, 0.3) is 22.4 Å². The number of anilines is 1. The molecule has 8 heteroatoms. The van der Waals surface area contributed by atoms with Gasteiger partial charge in [-0.15, -0.1) is 0 Å². The van der Waals surface area contributed by atoms with Crippen molar-refractivity contribution in [2.75, 3.05) is 19.5 Å². The highest BCUT2D eigenvalue weighted by atomic mass is 32.1. The number of hydrogen-bond donors (Lipinski definition) is 3. The van der Waals surface area contributed by atoms with Crippen molar-refractivity contribution >= 4 is 40.0 Å². The van der Waals surface area contributed by atoms with Crippen molar-refractivity contribution < 1.29 is 14.3 Å². The Kier molecular flexibility index (Phi) is 5.81. The van der Waals surface area contributed by atoms with Gasteiger partial charge in [0.25, 0.3) is 5.91 Å². The van der Waals surface area contributed by atoms with Gasteiger partial charge in [0.1, 0.15) is 17.3 Å². The number of carbonyl (C=O) groups is 1. The van der Waals surface area contributed by atoms with Crippen LogP contribution in [0.2, 0.25) is 0 Å². The Labute approximate surface area is 184 Å².